The summed E-state index contributed by atoms with van der Waals surface area (Å²) in [6.07, 6.45) is 13.3. The van der Waals surface area contributed by atoms with Crippen molar-refractivity contribution in [3.63, 3.8) is 0 Å². The van der Waals surface area contributed by atoms with E-state index in [1.807, 2.05) is 45.3 Å². The quantitative estimate of drug-likeness (QED) is 0.0752. The second-order valence-electron chi connectivity index (χ2n) is 28.8. The maximum Gasteiger partial charge on any atom is 0.0785 e. The Kier molecular flexibility index (Phi) is 19.7. The molecular formula is C93H84S6. The van der Waals surface area contributed by atoms with Gasteiger partial charge < -0.3 is 0 Å². The topological polar surface area (TPSA) is 0 Å². The minimum absolute atomic E-state index is 0.816. The first-order valence-electron chi connectivity index (χ1n) is 35.7. The molecule has 0 spiro atoms. The van der Waals surface area contributed by atoms with Gasteiger partial charge in [0.15, 0.2) is 0 Å². The van der Waals surface area contributed by atoms with Crippen LogP contribution >= 0.6 is 68.0 Å². The van der Waals surface area contributed by atoms with Crippen LogP contribution in [0.3, 0.4) is 0 Å². The Labute approximate surface area is 608 Å². The lowest BCUT2D eigenvalue weighted by atomic mass is 9.95. The van der Waals surface area contributed by atoms with Crippen molar-refractivity contribution in [1.82, 2.24) is 0 Å². The van der Waals surface area contributed by atoms with Crippen LogP contribution in [0.2, 0.25) is 0 Å². The predicted molar refractivity (Wildman–Crippen MR) is 448 cm³/mol. The van der Waals surface area contributed by atoms with E-state index in [0.717, 1.165) is 44.6 Å². The summed E-state index contributed by atoms with van der Waals surface area (Å²) in [5.41, 5.74) is 4.60. The summed E-state index contributed by atoms with van der Waals surface area (Å²) < 4.78 is 8.36. The molecule has 2 atom stereocenters. The second kappa shape index (κ2) is 29.2. The lowest BCUT2D eigenvalue weighted by Crippen LogP contribution is -1.98. The maximum absolute atomic E-state index is 3.38. The minimum atomic E-state index is 0.816. The molecule has 6 heteroatoms. The van der Waals surface area contributed by atoms with Crippen molar-refractivity contribution in [3.05, 3.63) is 246 Å². The number of benzene rings is 11. The van der Waals surface area contributed by atoms with Crippen molar-refractivity contribution >= 4 is 193 Å². The Morgan fingerprint density at radius 3 is 1.01 bits per heavy atom. The first kappa shape index (κ1) is 66.7. The molecular weight excluding hydrogens is 1310 g/mol. The van der Waals surface area contributed by atoms with Crippen molar-refractivity contribution in [1.29, 1.82) is 0 Å². The monoisotopic (exact) mass is 1390 g/mol. The summed E-state index contributed by atoms with van der Waals surface area (Å²) in [7, 11) is 0. The van der Waals surface area contributed by atoms with E-state index >= 15 is 0 Å². The van der Waals surface area contributed by atoms with E-state index in [1.165, 1.54) is 205 Å². The number of rotatable bonds is 14. The van der Waals surface area contributed by atoms with E-state index in [1.54, 1.807) is 32.4 Å². The van der Waals surface area contributed by atoms with Crippen LogP contribution in [0.4, 0.5) is 0 Å². The highest BCUT2D eigenvalue weighted by molar-refractivity contribution is 7.22. The Bertz CT molecular complexity index is 5690. The molecule has 0 saturated carbocycles. The molecule has 17 aromatic rings. The van der Waals surface area contributed by atoms with Gasteiger partial charge in [0, 0.05) is 86.3 Å². The standard InChI is InChI=1S/C38H50S2.C36H22S2.C19H12S2/c1-25(2)9-7-11-27(5)13-17-31-23-29-15-19-33-34-20-16-30-24-32(18-14-28(6)12-8-10-26(3)4)40-38(30)36(34)22-21-35(33)37(29)39-31;1-23-3-7-25(8-4-23)11-15-29-21-27-13-17-31-32-18-14-28-22-30(16-12-26-9-5-24(2)6-10-26)38-36(28)34(32)20-19-33(31)35(27)37-29;1-11-10-13-3-5-15-14-4-2-12-8-9-20-18(12)16(14)6-7-17(15)19(13)21-11/h15-16,19-28H,7-14,17-18H2,1-6H3;3-10,13-14,17-22H,1-2H3;2-10H,1H3. The van der Waals surface area contributed by atoms with Crippen molar-refractivity contribution in [2.24, 2.45) is 23.7 Å². The summed E-state index contributed by atoms with van der Waals surface area (Å²) in [5.74, 6) is 16.7. The molecule has 2 unspecified atom stereocenters. The number of hydrogen-bond donors (Lipinski definition) is 0. The molecule has 6 heterocycles. The van der Waals surface area contributed by atoms with Gasteiger partial charge >= 0.3 is 0 Å². The molecule has 492 valence electrons. The van der Waals surface area contributed by atoms with Gasteiger partial charge in [-0.25, -0.2) is 0 Å². The summed E-state index contributed by atoms with van der Waals surface area (Å²) in [5, 5.41) is 26.6. The van der Waals surface area contributed by atoms with Crippen LogP contribution in [0.1, 0.15) is 140 Å². The molecule has 0 aliphatic carbocycles. The van der Waals surface area contributed by atoms with E-state index in [9.17, 15) is 0 Å². The van der Waals surface area contributed by atoms with E-state index < -0.39 is 0 Å². The third kappa shape index (κ3) is 14.5. The van der Waals surface area contributed by atoms with E-state index in [-0.39, 0.29) is 0 Å². The average molecular weight is 1390 g/mol. The van der Waals surface area contributed by atoms with E-state index in [2.05, 4.69) is 285 Å². The zero-order valence-corrected chi connectivity index (χ0v) is 63.3. The normalized spacial score (nSPS) is 12.4. The van der Waals surface area contributed by atoms with Crippen LogP contribution in [-0.4, -0.2) is 0 Å². The molecule has 0 N–H and O–H groups in total. The first-order chi connectivity index (χ1) is 48.2. The molecule has 0 aliphatic rings. The highest BCUT2D eigenvalue weighted by Crippen LogP contribution is 2.44. The van der Waals surface area contributed by atoms with Gasteiger partial charge in [-0.05, 0) is 201 Å². The molecule has 0 radical (unpaired) electrons. The van der Waals surface area contributed by atoms with Gasteiger partial charge in [0.2, 0.25) is 0 Å². The highest BCUT2D eigenvalue weighted by Gasteiger charge is 2.17. The van der Waals surface area contributed by atoms with Crippen LogP contribution < -0.4 is 0 Å². The zero-order valence-electron chi connectivity index (χ0n) is 58.4. The van der Waals surface area contributed by atoms with Crippen LogP contribution in [-0.2, 0) is 12.8 Å². The third-order valence-electron chi connectivity index (χ3n) is 20.1. The Morgan fingerprint density at radius 2 is 0.616 bits per heavy atom. The Hall–Kier alpha value is -8.14. The van der Waals surface area contributed by atoms with Gasteiger partial charge in [0.25, 0.3) is 0 Å². The smallest absolute Gasteiger partial charge is 0.0785 e. The Morgan fingerprint density at radius 1 is 0.283 bits per heavy atom. The van der Waals surface area contributed by atoms with Gasteiger partial charge in [-0.3, -0.25) is 0 Å². The van der Waals surface area contributed by atoms with Gasteiger partial charge in [-0.1, -0.05) is 248 Å². The molecule has 0 saturated heterocycles. The summed E-state index contributed by atoms with van der Waals surface area (Å²) in [6, 6.07) is 72.2. The zero-order chi connectivity index (χ0) is 67.8. The predicted octanol–water partition coefficient (Wildman–Crippen LogP) is 29.8. The van der Waals surface area contributed by atoms with Crippen molar-refractivity contribution in [2.45, 2.75) is 127 Å². The lowest BCUT2D eigenvalue weighted by Gasteiger charge is -2.11. The maximum atomic E-state index is 3.38. The van der Waals surface area contributed by atoms with E-state index in [4.69, 9.17) is 0 Å². The largest absolute Gasteiger partial charge is 0.143 e. The molecule has 0 fully saturated rings. The van der Waals surface area contributed by atoms with Crippen LogP contribution in [0.5, 0.6) is 0 Å². The first-order valence-corrected chi connectivity index (χ1v) is 40.7. The van der Waals surface area contributed by atoms with Crippen molar-refractivity contribution in [3.8, 4) is 23.7 Å². The van der Waals surface area contributed by atoms with Gasteiger partial charge in [-0.2, -0.15) is 0 Å². The average Bonchev–Trinajstić information content (AvgIpc) is 1.71. The number of thiophene rings is 6. The molecule has 0 amide bonds. The molecule has 0 nitrogen and oxygen atoms in total. The fourth-order valence-corrected chi connectivity index (χ4v) is 21.0. The number of aryl methyl sites for hydroxylation is 5. The van der Waals surface area contributed by atoms with Gasteiger partial charge in [-0.15, -0.1) is 68.0 Å². The summed E-state index contributed by atoms with van der Waals surface area (Å²) >= 11 is 11.4. The summed E-state index contributed by atoms with van der Waals surface area (Å²) in [4.78, 5) is 6.67. The minimum Gasteiger partial charge on any atom is -0.143 e. The van der Waals surface area contributed by atoms with Crippen molar-refractivity contribution in [2.75, 3.05) is 0 Å². The second-order valence-corrected chi connectivity index (χ2v) is 35.3. The Balaban J connectivity index is 0.000000126. The third-order valence-corrected chi connectivity index (χ3v) is 26.9. The molecule has 17 rings (SSSR count). The van der Waals surface area contributed by atoms with Crippen LogP contribution in [0.15, 0.2) is 200 Å². The molecule has 11 aromatic carbocycles. The molecule has 6 aromatic heterocycles. The number of fused-ring (bicyclic) bond motifs is 21. The molecule has 0 bridgehead atoms. The van der Waals surface area contributed by atoms with Crippen molar-refractivity contribution < 1.29 is 0 Å². The van der Waals surface area contributed by atoms with E-state index in [0.29, 0.717) is 0 Å². The van der Waals surface area contributed by atoms with Gasteiger partial charge in [0.1, 0.15) is 0 Å². The van der Waals surface area contributed by atoms with Gasteiger partial charge in [0.05, 0.1) is 9.75 Å². The number of hydrogen-bond acceptors (Lipinski definition) is 6. The molecule has 99 heavy (non-hydrogen) atoms. The van der Waals surface area contributed by atoms with Crippen LogP contribution in [0, 0.1) is 68.1 Å². The fraction of sp³-hybridized carbons (Fsp3) is 0.247. The lowest BCUT2D eigenvalue weighted by molar-refractivity contribution is 0.437. The SMILES string of the molecule is CC(C)CCCC(C)CCc1cc2ccc3c4ccc5cc(CCC(C)CCCC(C)C)sc5c4ccc3c2s1.Cc1cc2ccc3c4ccc5ccsc5c4ccc3c2s1.Cc1ccc(C#Cc2cc3ccc4c5ccc6cc(C#Cc7ccc(C)cc7)sc6c5ccc4c3s2)cc1. The van der Waals surface area contributed by atoms with Crippen LogP contribution in [0.25, 0.3) is 125 Å². The molecule has 0 aliphatic heterocycles. The highest BCUT2D eigenvalue weighted by atomic mass is 32.1. The fourth-order valence-electron chi connectivity index (χ4n) is 14.5. The summed E-state index contributed by atoms with van der Waals surface area (Å²) in [6.45, 7) is 20.6.